The van der Waals surface area contributed by atoms with E-state index in [1.165, 1.54) is 7.11 Å². The van der Waals surface area contributed by atoms with Crippen LogP contribution in [-0.2, 0) is 14.3 Å². The lowest BCUT2D eigenvalue weighted by atomic mass is 9.83. The molecule has 0 spiro atoms. The summed E-state index contributed by atoms with van der Waals surface area (Å²) >= 11 is 0. The molecule has 1 heterocycles. The number of rotatable bonds is 5. The minimum absolute atomic E-state index is 0.104. The number of ether oxygens (including phenoxy) is 1. The molecule has 0 aromatic heterocycles. The fourth-order valence-corrected chi connectivity index (χ4v) is 2.00. The van der Waals surface area contributed by atoms with E-state index >= 15 is 0 Å². The summed E-state index contributed by atoms with van der Waals surface area (Å²) in [5.41, 5.74) is -0.407. The van der Waals surface area contributed by atoms with E-state index in [9.17, 15) is 14.7 Å². The Kier molecular flexibility index (Phi) is 4.89. The van der Waals surface area contributed by atoms with Crippen LogP contribution in [0.1, 0.15) is 19.8 Å². The zero-order valence-electron chi connectivity index (χ0n) is 10.3. The molecule has 6 nitrogen and oxygen atoms in total. The van der Waals surface area contributed by atoms with Gasteiger partial charge in [-0.1, -0.05) is 6.92 Å². The number of aliphatic hydroxyl groups excluding tert-OH is 1. The molecule has 0 saturated carbocycles. The van der Waals surface area contributed by atoms with E-state index in [4.69, 9.17) is 0 Å². The van der Waals surface area contributed by atoms with Gasteiger partial charge in [0.2, 0.25) is 5.91 Å². The molecular weight excluding hydrogens is 224 g/mol. The van der Waals surface area contributed by atoms with Crippen molar-refractivity contribution in [2.24, 2.45) is 5.41 Å². The summed E-state index contributed by atoms with van der Waals surface area (Å²) in [6, 6.07) is 0. The molecule has 3 N–H and O–H groups in total. The van der Waals surface area contributed by atoms with Crippen molar-refractivity contribution < 1.29 is 19.4 Å². The van der Waals surface area contributed by atoms with Crippen LogP contribution in [0.2, 0.25) is 0 Å². The molecule has 98 valence electrons. The third kappa shape index (κ3) is 3.17. The van der Waals surface area contributed by atoms with Crippen molar-refractivity contribution in [3.63, 3.8) is 0 Å². The Balaban J connectivity index is 2.46. The van der Waals surface area contributed by atoms with Crippen molar-refractivity contribution in [2.75, 3.05) is 26.7 Å². The molecule has 2 atom stereocenters. The van der Waals surface area contributed by atoms with Crippen LogP contribution >= 0.6 is 0 Å². The summed E-state index contributed by atoms with van der Waals surface area (Å²) in [4.78, 5) is 23.0. The highest BCUT2D eigenvalue weighted by atomic mass is 16.5. The van der Waals surface area contributed by atoms with Gasteiger partial charge in [0.25, 0.3) is 0 Å². The Hall–Kier alpha value is -1.14. The van der Waals surface area contributed by atoms with E-state index in [0.29, 0.717) is 6.54 Å². The zero-order valence-corrected chi connectivity index (χ0v) is 10.3. The third-order valence-corrected chi connectivity index (χ3v) is 3.33. The predicted octanol–water partition coefficient (Wildman–Crippen LogP) is -0.974. The van der Waals surface area contributed by atoms with Crippen LogP contribution in [0.5, 0.6) is 0 Å². The number of methoxy groups -OCH3 is 1. The molecule has 0 radical (unpaired) electrons. The number of carbonyl (C=O) groups is 2. The number of aliphatic hydroxyl groups is 1. The fourth-order valence-electron chi connectivity index (χ4n) is 2.00. The van der Waals surface area contributed by atoms with Crippen molar-refractivity contribution in [3.8, 4) is 0 Å². The molecule has 1 aliphatic heterocycles. The van der Waals surface area contributed by atoms with E-state index < -0.39 is 17.5 Å². The lowest BCUT2D eigenvalue weighted by molar-refractivity contribution is -0.150. The first-order chi connectivity index (χ1) is 8.05. The quantitative estimate of drug-likeness (QED) is 0.541. The number of carbonyl (C=O) groups excluding carboxylic acids is 2. The van der Waals surface area contributed by atoms with Gasteiger partial charge in [0, 0.05) is 6.54 Å². The predicted molar refractivity (Wildman–Crippen MR) is 61.2 cm³/mol. The lowest BCUT2D eigenvalue weighted by Crippen LogP contribution is -2.46. The largest absolute Gasteiger partial charge is 0.467 e. The van der Waals surface area contributed by atoms with Crippen LogP contribution in [0.4, 0.5) is 0 Å². The van der Waals surface area contributed by atoms with Gasteiger partial charge in [-0.25, -0.2) is 4.79 Å². The van der Waals surface area contributed by atoms with Gasteiger partial charge in [0.15, 0.2) is 6.10 Å². The van der Waals surface area contributed by atoms with Gasteiger partial charge in [-0.2, -0.15) is 0 Å². The molecule has 0 aromatic rings. The van der Waals surface area contributed by atoms with Crippen LogP contribution in [0.25, 0.3) is 0 Å². The maximum Gasteiger partial charge on any atom is 0.336 e. The SMILES string of the molecule is CCC1(C(=O)NCC(O)C(=O)OC)CCNC1. The van der Waals surface area contributed by atoms with Crippen LogP contribution in [0.3, 0.4) is 0 Å². The van der Waals surface area contributed by atoms with E-state index in [1.807, 2.05) is 6.92 Å². The second-order valence-electron chi connectivity index (χ2n) is 4.31. The number of hydrogen-bond acceptors (Lipinski definition) is 5. The van der Waals surface area contributed by atoms with Gasteiger partial charge >= 0.3 is 5.97 Å². The number of amides is 1. The van der Waals surface area contributed by atoms with Crippen LogP contribution in [0.15, 0.2) is 0 Å². The zero-order chi connectivity index (χ0) is 12.9. The van der Waals surface area contributed by atoms with Crippen molar-refractivity contribution in [1.29, 1.82) is 0 Å². The number of hydrogen-bond donors (Lipinski definition) is 3. The summed E-state index contributed by atoms with van der Waals surface area (Å²) in [5.74, 6) is -0.853. The second kappa shape index (κ2) is 5.97. The standard InChI is InChI=1S/C11H20N2O4/c1-3-11(4-5-12-7-11)10(16)13-6-8(14)9(15)17-2/h8,12,14H,3-7H2,1-2H3,(H,13,16). The lowest BCUT2D eigenvalue weighted by Gasteiger charge is -2.25. The summed E-state index contributed by atoms with van der Waals surface area (Å²) in [5, 5.41) is 15.1. The molecule has 6 heteroatoms. The summed E-state index contributed by atoms with van der Waals surface area (Å²) in [6.45, 7) is 3.32. The first kappa shape index (κ1) is 13.9. The smallest absolute Gasteiger partial charge is 0.336 e. The Morgan fingerprint density at radius 3 is 2.76 bits per heavy atom. The minimum atomic E-state index is -1.30. The molecule has 1 fully saturated rings. The molecule has 0 bridgehead atoms. The molecule has 1 rings (SSSR count). The molecule has 1 saturated heterocycles. The maximum absolute atomic E-state index is 12.0. The molecule has 2 unspecified atom stereocenters. The Bertz CT molecular complexity index is 287. The minimum Gasteiger partial charge on any atom is -0.467 e. The Morgan fingerprint density at radius 1 is 1.59 bits per heavy atom. The summed E-state index contributed by atoms with van der Waals surface area (Å²) in [7, 11) is 1.20. The average Bonchev–Trinajstić information content (AvgIpc) is 2.84. The van der Waals surface area contributed by atoms with Gasteiger partial charge in [-0.15, -0.1) is 0 Å². The monoisotopic (exact) mass is 244 g/mol. The van der Waals surface area contributed by atoms with E-state index in [0.717, 1.165) is 19.4 Å². The summed E-state index contributed by atoms with van der Waals surface area (Å²) in [6.07, 6.45) is 0.219. The molecular formula is C11H20N2O4. The van der Waals surface area contributed by atoms with Gasteiger partial charge < -0.3 is 20.5 Å². The van der Waals surface area contributed by atoms with Gasteiger partial charge in [-0.3, -0.25) is 4.79 Å². The topological polar surface area (TPSA) is 87.7 Å². The summed E-state index contributed by atoms with van der Waals surface area (Å²) < 4.78 is 4.37. The van der Waals surface area contributed by atoms with E-state index in [1.54, 1.807) is 0 Å². The normalized spacial score (nSPS) is 25.4. The molecule has 1 amide bonds. The van der Waals surface area contributed by atoms with Crippen molar-refractivity contribution >= 4 is 11.9 Å². The third-order valence-electron chi connectivity index (χ3n) is 3.33. The van der Waals surface area contributed by atoms with Crippen molar-refractivity contribution in [1.82, 2.24) is 10.6 Å². The van der Waals surface area contributed by atoms with Gasteiger partial charge in [0.05, 0.1) is 19.1 Å². The highest BCUT2D eigenvalue weighted by Gasteiger charge is 2.39. The average molecular weight is 244 g/mol. The van der Waals surface area contributed by atoms with Gasteiger partial charge in [-0.05, 0) is 19.4 Å². The first-order valence-electron chi connectivity index (χ1n) is 5.80. The molecule has 0 aliphatic carbocycles. The van der Waals surface area contributed by atoms with Crippen molar-refractivity contribution in [2.45, 2.75) is 25.9 Å². The van der Waals surface area contributed by atoms with Gasteiger partial charge in [0.1, 0.15) is 0 Å². The highest BCUT2D eigenvalue weighted by Crippen LogP contribution is 2.29. The second-order valence-corrected chi connectivity index (χ2v) is 4.31. The van der Waals surface area contributed by atoms with Crippen molar-refractivity contribution in [3.05, 3.63) is 0 Å². The van der Waals surface area contributed by atoms with Crippen LogP contribution in [0, 0.1) is 5.41 Å². The Morgan fingerprint density at radius 2 is 2.29 bits per heavy atom. The molecule has 17 heavy (non-hydrogen) atoms. The Labute approximate surface area is 101 Å². The van der Waals surface area contributed by atoms with E-state index in [-0.39, 0.29) is 12.5 Å². The first-order valence-corrected chi connectivity index (χ1v) is 5.80. The van der Waals surface area contributed by atoms with Crippen LogP contribution < -0.4 is 10.6 Å². The fraction of sp³-hybridized carbons (Fsp3) is 0.818. The number of esters is 1. The maximum atomic E-state index is 12.0. The number of nitrogens with one attached hydrogen (secondary N) is 2. The molecule has 0 aromatic carbocycles. The highest BCUT2D eigenvalue weighted by molar-refractivity contribution is 5.84. The molecule has 1 aliphatic rings. The van der Waals surface area contributed by atoms with E-state index in [2.05, 4.69) is 15.4 Å². The van der Waals surface area contributed by atoms with Crippen LogP contribution in [-0.4, -0.2) is 49.8 Å².